The van der Waals surface area contributed by atoms with Crippen molar-refractivity contribution in [2.24, 2.45) is 0 Å². The molecule has 148 valence electrons. The molecule has 0 aliphatic heterocycles. The number of anilines is 1. The maximum absolute atomic E-state index is 14.6. The van der Waals surface area contributed by atoms with Crippen LogP contribution in [0.15, 0.2) is 89.7 Å². The van der Waals surface area contributed by atoms with Crippen LogP contribution in [0.25, 0.3) is 16.8 Å². The molecule has 3 aromatic carbocycles. The van der Waals surface area contributed by atoms with Gasteiger partial charge in [0, 0.05) is 17.7 Å². The number of hydrogen-bond acceptors (Lipinski definition) is 3. The number of carbonyl (C=O) groups is 1. The molecule has 1 N–H and O–H groups in total. The molecule has 1 aromatic heterocycles. The highest BCUT2D eigenvalue weighted by Gasteiger charge is 2.18. The van der Waals surface area contributed by atoms with Crippen molar-refractivity contribution in [1.82, 2.24) is 9.78 Å². The molecule has 30 heavy (non-hydrogen) atoms. The van der Waals surface area contributed by atoms with Crippen LogP contribution >= 0.6 is 0 Å². The van der Waals surface area contributed by atoms with E-state index in [1.54, 1.807) is 60.7 Å². The van der Waals surface area contributed by atoms with Gasteiger partial charge in [-0.3, -0.25) is 9.59 Å². The summed E-state index contributed by atoms with van der Waals surface area (Å²) in [5, 5.41) is 6.54. The largest absolute Gasteiger partial charge is 0.318 e. The van der Waals surface area contributed by atoms with Gasteiger partial charge in [0.05, 0.1) is 11.4 Å². The van der Waals surface area contributed by atoms with Gasteiger partial charge in [0.25, 0.3) is 11.5 Å². The highest BCUT2D eigenvalue weighted by Crippen LogP contribution is 2.31. The van der Waals surface area contributed by atoms with Crippen LogP contribution in [0.5, 0.6) is 0 Å². The van der Waals surface area contributed by atoms with Gasteiger partial charge in [0.15, 0.2) is 0 Å². The number of halogens is 2. The average Bonchev–Trinajstić information content (AvgIpc) is 2.77. The molecular formula is C23H15F2N3O2. The Balaban J connectivity index is 1.73. The molecule has 0 radical (unpaired) electrons. The minimum Gasteiger partial charge on any atom is -0.318 e. The zero-order valence-corrected chi connectivity index (χ0v) is 15.5. The van der Waals surface area contributed by atoms with Crippen molar-refractivity contribution in [2.75, 3.05) is 5.32 Å². The summed E-state index contributed by atoms with van der Waals surface area (Å²) in [6, 6.07) is 21.5. The predicted molar refractivity (Wildman–Crippen MR) is 110 cm³/mol. The van der Waals surface area contributed by atoms with Crippen molar-refractivity contribution < 1.29 is 13.6 Å². The molecule has 0 bridgehead atoms. The summed E-state index contributed by atoms with van der Waals surface area (Å²) in [7, 11) is 0. The van der Waals surface area contributed by atoms with E-state index >= 15 is 0 Å². The maximum Gasteiger partial charge on any atom is 0.276 e. The van der Waals surface area contributed by atoms with Crippen LogP contribution in [0, 0.1) is 11.6 Å². The van der Waals surface area contributed by atoms with E-state index in [-0.39, 0.29) is 16.9 Å². The fourth-order valence-corrected chi connectivity index (χ4v) is 3.01. The molecule has 0 spiro atoms. The number of nitrogens with one attached hydrogen (secondary N) is 1. The van der Waals surface area contributed by atoms with Gasteiger partial charge in [-0.1, -0.05) is 48.5 Å². The monoisotopic (exact) mass is 403 g/mol. The third-order valence-corrected chi connectivity index (χ3v) is 4.41. The van der Waals surface area contributed by atoms with Crippen molar-refractivity contribution in [3.63, 3.8) is 0 Å². The Morgan fingerprint density at radius 3 is 2.23 bits per heavy atom. The first-order valence-electron chi connectivity index (χ1n) is 9.04. The van der Waals surface area contributed by atoms with E-state index in [1.807, 2.05) is 0 Å². The van der Waals surface area contributed by atoms with E-state index in [0.717, 1.165) is 10.7 Å². The average molecular weight is 403 g/mol. The van der Waals surface area contributed by atoms with Crippen LogP contribution in [0.1, 0.15) is 10.5 Å². The van der Waals surface area contributed by atoms with E-state index in [9.17, 15) is 18.4 Å². The van der Waals surface area contributed by atoms with E-state index in [4.69, 9.17) is 0 Å². The van der Waals surface area contributed by atoms with Gasteiger partial charge in [-0.05, 0) is 29.8 Å². The van der Waals surface area contributed by atoms with Crippen LogP contribution < -0.4 is 10.9 Å². The van der Waals surface area contributed by atoms with Crippen LogP contribution in [-0.4, -0.2) is 15.7 Å². The predicted octanol–water partition coefficient (Wildman–Crippen LogP) is 4.43. The lowest BCUT2D eigenvalue weighted by Gasteiger charge is -2.13. The lowest BCUT2D eigenvalue weighted by Crippen LogP contribution is -2.25. The molecule has 0 unspecified atom stereocenters. The fourth-order valence-electron chi connectivity index (χ4n) is 3.01. The Morgan fingerprint density at radius 1 is 0.867 bits per heavy atom. The summed E-state index contributed by atoms with van der Waals surface area (Å²) < 4.78 is 29.5. The Hall–Kier alpha value is -4.13. The first-order valence-corrected chi connectivity index (χ1v) is 9.04. The molecule has 0 saturated heterocycles. The number of para-hydroxylation sites is 1. The van der Waals surface area contributed by atoms with Crippen molar-refractivity contribution in [3.8, 4) is 16.8 Å². The van der Waals surface area contributed by atoms with Crippen LogP contribution in [0.2, 0.25) is 0 Å². The van der Waals surface area contributed by atoms with E-state index in [0.29, 0.717) is 17.3 Å². The van der Waals surface area contributed by atoms with Gasteiger partial charge in [-0.25, -0.2) is 8.78 Å². The quantitative estimate of drug-likeness (QED) is 0.548. The molecule has 4 rings (SSSR count). The van der Waals surface area contributed by atoms with E-state index < -0.39 is 23.1 Å². The Labute approximate surface area is 170 Å². The highest BCUT2D eigenvalue weighted by molar-refractivity contribution is 6.05. The van der Waals surface area contributed by atoms with Crippen LogP contribution in [0.3, 0.4) is 0 Å². The topological polar surface area (TPSA) is 64.0 Å². The molecule has 0 atom stereocenters. The van der Waals surface area contributed by atoms with Crippen molar-refractivity contribution in [2.45, 2.75) is 0 Å². The Morgan fingerprint density at radius 2 is 1.53 bits per heavy atom. The fraction of sp³-hybridized carbons (Fsp3) is 0. The summed E-state index contributed by atoms with van der Waals surface area (Å²) in [6.07, 6.45) is 0. The summed E-state index contributed by atoms with van der Waals surface area (Å²) in [4.78, 5) is 24.9. The van der Waals surface area contributed by atoms with Gasteiger partial charge in [-0.2, -0.15) is 9.78 Å². The van der Waals surface area contributed by atoms with Crippen molar-refractivity contribution >= 4 is 11.6 Å². The zero-order chi connectivity index (χ0) is 21.1. The highest BCUT2D eigenvalue weighted by atomic mass is 19.1. The molecule has 0 fully saturated rings. The number of aromatic nitrogens is 2. The minimum atomic E-state index is -0.918. The third-order valence-electron chi connectivity index (χ3n) is 4.41. The minimum absolute atomic E-state index is 0.0961. The van der Waals surface area contributed by atoms with Crippen LogP contribution in [-0.2, 0) is 0 Å². The number of hydrogen-bond donors (Lipinski definition) is 1. The van der Waals surface area contributed by atoms with Crippen molar-refractivity contribution in [3.05, 3.63) is 113 Å². The lowest BCUT2D eigenvalue weighted by atomic mass is 10.0. The number of amides is 1. The number of nitrogens with zero attached hydrogens (tertiary/aromatic N) is 2. The van der Waals surface area contributed by atoms with Gasteiger partial charge in [-0.15, -0.1) is 0 Å². The summed E-state index contributed by atoms with van der Waals surface area (Å²) >= 11 is 0. The molecule has 1 heterocycles. The normalized spacial score (nSPS) is 10.6. The Kier molecular flexibility index (Phi) is 5.17. The van der Waals surface area contributed by atoms with Crippen LogP contribution in [0.4, 0.5) is 14.5 Å². The molecule has 0 aliphatic rings. The molecule has 0 aliphatic carbocycles. The first kappa shape index (κ1) is 19.2. The third kappa shape index (κ3) is 3.86. The maximum atomic E-state index is 14.6. The summed E-state index contributed by atoms with van der Waals surface area (Å²) in [6.45, 7) is 0. The smallest absolute Gasteiger partial charge is 0.276 e. The van der Waals surface area contributed by atoms with Crippen molar-refractivity contribution in [1.29, 1.82) is 0 Å². The summed E-state index contributed by atoms with van der Waals surface area (Å²) in [5.74, 6) is -2.42. The SMILES string of the molecule is O=C(Nc1c(F)cc(F)cc1-c1ccccc1)c1ccc(=O)n(-c2ccccc2)n1. The second-order valence-corrected chi connectivity index (χ2v) is 6.43. The zero-order valence-electron chi connectivity index (χ0n) is 15.5. The molecule has 5 nitrogen and oxygen atoms in total. The number of benzene rings is 3. The lowest BCUT2D eigenvalue weighted by molar-refractivity contribution is 0.102. The second-order valence-electron chi connectivity index (χ2n) is 6.43. The molecular weight excluding hydrogens is 388 g/mol. The molecule has 4 aromatic rings. The molecule has 1 amide bonds. The van der Waals surface area contributed by atoms with E-state index in [2.05, 4.69) is 10.4 Å². The number of rotatable bonds is 4. The molecule has 0 saturated carbocycles. The second kappa shape index (κ2) is 8.08. The standard InChI is InChI=1S/C23H15F2N3O2/c24-16-13-18(15-7-3-1-4-8-15)22(19(25)14-16)26-23(30)20-11-12-21(29)28(27-20)17-9-5-2-6-10-17/h1-14H,(H,26,30). The van der Waals surface area contributed by atoms with Gasteiger partial charge < -0.3 is 5.32 Å². The number of carbonyl (C=O) groups excluding carboxylic acids is 1. The van der Waals surface area contributed by atoms with Gasteiger partial charge >= 0.3 is 0 Å². The molecule has 7 heteroatoms. The first-order chi connectivity index (χ1) is 14.5. The van der Waals surface area contributed by atoms with Gasteiger partial charge in [0.1, 0.15) is 17.3 Å². The van der Waals surface area contributed by atoms with E-state index in [1.165, 1.54) is 12.1 Å². The van der Waals surface area contributed by atoms with Gasteiger partial charge in [0.2, 0.25) is 0 Å². The summed E-state index contributed by atoms with van der Waals surface area (Å²) in [5.41, 5.74) is 0.519. The Bertz CT molecular complexity index is 1270.